The molecule has 0 saturated carbocycles. The normalized spacial score (nSPS) is 11.7. The van der Waals surface area contributed by atoms with Gasteiger partial charge in [-0.15, -0.1) is 0 Å². The Morgan fingerprint density at radius 2 is 1.36 bits per heavy atom. The number of pyridine rings is 1. The number of benzene rings is 2. The highest BCUT2D eigenvalue weighted by Gasteiger charge is 2.16. The quantitative estimate of drug-likeness (QED) is 0.234. The average molecular weight is 467 g/mol. The smallest absolute Gasteiger partial charge is 0.236 e. The van der Waals surface area contributed by atoms with Gasteiger partial charge in [-0.2, -0.15) is 0 Å². The van der Waals surface area contributed by atoms with Gasteiger partial charge in [-0.3, -0.25) is 9.71 Å². The van der Waals surface area contributed by atoms with Crippen LogP contribution in [-0.2, 0) is 22.2 Å². The second-order valence-electron chi connectivity index (χ2n) is 8.94. The van der Waals surface area contributed by atoms with Crippen molar-refractivity contribution < 1.29 is 8.42 Å². The molecule has 3 rings (SSSR count). The first-order chi connectivity index (χ1) is 16.1. The van der Waals surface area contributed by atoms with Crippen molar-refractivity contribution in [2.45, 2.75) is 83.3 Å². The Hall–Kier alpha value is -2.40. The molecule has 0 saturated heterocycles. The molecule has 1 heterocycles. The van der Waals surface area contributed by atoms with E-state index < -0.39 is 10.0 Å². The Morgan fingerprint density at radius 1 is 0.727 bits per heavy atom. The van der Waals surface area contributed by atoms with Gasteiger partial charge in [-0.05, 0) is 36.1 Å². The number of aryl methyl sites for hydroxylation is 1. The fourth-order valence-electron chi connectivity index (χ4n) is 4.34. The minimum Gasteiger partial charge on any atom is -0.281 e. The van der Waals surface area contributed by atoms with E-state index in [0.29, 0.717) is 11.2 Å². The maximum Gasteiger partial charge on any atom is 0.236 e. The Labute approximate surface area is 199 Å². The lowest BCUT2D eigenvalue weighted by Gasteiger charge is -2.13. The summed E-state index contributed by atoms with van der Waals surface area (Å²) >= 11 is 0. The molecule has 0 unspecified atom stereocenters. The summed E-state index contributed by atoms with van der Waals surface area (Å²) in [6, 6.07) is 17.3. The summed E-state index contributed by atoms with van der Waals surface area (Å²) in [5, 5.41) is 0.916. The Kier molecular flexibility index (Phi) is 10.2. The zero-order chi connectivity index (χ0) is 23.4. The van der Waals surface area contributed by atoms with Crippen LogP contribution in [0.4, 0.5) is 5.69 Å². The molecule has 178 valence electrons. The molecule has 1 N–H and O–H groups in total. The van der Waals surface area contributed by atoms with E-state index in [0.717, 1.165) is 29.4 Å². The van der Waals surface area contributed by atoms with Crippen molar-refractivity contribution in [1.29, 1.82) is 0 Å². The largest absolute Gasteiger partial charge is 0.281 e. The van der Waals surface area contributed by atoms with Crippen LogP contribution < -0.4 is 4.72 Å². The summed E-state index contributed by atoms with van der Waals surface area (Å²) < 4.78 is 28.7. The van der Waals surface area contributed by atoms with Crippen molar-refractivity contribution in [3.63, 3.8) is 0 Å². The molecule has 0 amide bonds. The maximum absolute atomic E-state index is 13.0. The molecule has 0 radical (unpaired) electrons. The summed E-state index contributed by atoms with van der Waals surface area (Å²) in [6.45, 7) is 2.26. The molecule has 3 aromatic rings. The summed E-state index contributed by atoms with van der Waals surface area (Å²) in [7, 11) is -3.54. The fourth-order valence-corrected chi connectivity index (χ4v) is 5.60. The van der Waals surface area contributed by atoms with Crippen LogP contribution in [0.1, 0.15) is 82.3 Å². The number of nitrogens with zero attached hydrogens (tertiary/aromatic N) is 1. The molecule has 0 spiro atoms. The standard InChI is InChI=1S/C28H38N2O2S/c1-2-3-4-5-6-7-8-9-10-11-16-24-17-12-13-18-26(24)23-33(31,32)30-27-21-14-19-25-20-15-22-29-28(25)27/h12-15,17-22,30H,2-11,16,23H2,1H3. The van der Waals surface area contributed by atoms with Crippen LogP contribution in [0.2, 0.25) is 0 Å². The predicted octanol–water partition coefficient (Wildman–Crippen LogP) is 7.64. The highest BCUT2D eigenvalue weighted by molar-refractivity contribution is 7.91. The van der Waals surface area contributed by atoms with Gasteiger partial charge < -0.3 is 0 Å². The zero-order valence-corrected chi connectivity index (χ0v) is 20.7. The Bertz CT molecular complexity index is 1090. The van der Waals surface area contributed by atoms with Gasteiger partial charge in [0.25, 0.3) is 0 Å². The number of unbranched alkanes of at least 4 members (excludes halogenated alkanes) is 9. The van der Waals surface area contributed by atoms with E-state index in [1.165, 1.54) is 57.8 Å². The van der Waals surface area contributed by atoms with E-state index in [1.54, 1.807) is 12.3 Å². The van der Waals surface area contributed by atoms with Gasteiger partial charge >= 0.3 is 0 Å². The van der Waals surface area contributed by atoms with Gasteiger partial charge in [-0.1, -0.05) is 107 Å². The number of sulfonamides is 1. The first-order valence-corrected chi connectivity index (χ1v) is 14.2. The molecular formula is C28H38N2O2S. The molecule has 0 aliphatic carbocycles. The number of rotatable bonds is 15. The highest BCUT2D eigenvalue weighted by Crippen LogP contribution is 2.23. The summed E-state index contributed by atoms with van der Waals surface area (Å²) in [5.74, 6) is -0.0237. The third-order valence-electron chi connectivity index (χ3n) is 6.16. The molecule has 1 aromatic heterocycles. The van der Waals surface area contributed by atoms with Crippen molar-refractivity contribution in [3.05, 3.63) is 71.9 Å². The van der Waals surface area contributed by atoms with Gasteiger partial charge in [0.05, 0.1) is 17.0 Å². The third-order valence-corrected chi connectivity index (χ3v) is 7.38. The molecule has 2 aromatic carbocycles. The van der Waals surface area contributed by atoms with Crippen LogP contribution in [0.25, 0.3) is 10.9 Å². The molecule has 5 heteroatoms. The molecule has 0 bridgehead atoms. The Morgan fingerprint density at radius 3 is 2.09 bits per heavy atom. The lowest BCUT2D eigenvalue weighted by molar-refractivity contribution is 0.556. The van der Waals surface area contributed by atoms with Gasteiger partial charge in [0, 0.05) is 11.6 Å². The highest BCUT2D eigenvalue weighted by atomic mass is 32.2. The molecule has 33 heavy (non-hydrogen) atoms. The van der Waals surface area contributed by atoms with Crippen LogP contribution in [-0.4, -0.2) is 13.4 Å². The van der Waals surface area contributed by atoms with Crippen molar-refractivity contribution in [2.75, 3.05) is 4.72 Å². The van der Waals surface area contributed by atoms with Crippen LogP contribution >= 0.6 is 0 Å². The summed E-state index contributed by atoms with van der Waals surface area (Å²) in [4.78, 5) is 4.35. The lowest BCUT2D eigenvalue weighted by atomic mass is 10.0. The van der Waals surface area contributed by atoms with E-state index in [2.05, 4.69) is 22.7 Å². The van der Waals surface area contributed by atoms with E-state index in [1.807, 2.05) is 42.5 Å². The summed E-state index contributed by atoms with van der Waals surface area (Å²) in [5.41, 5.74) is 3.22. The van der Waals surface area contributed by atoms with E-state index >= 15 is 0 Å². The van der Waals surface area contributed by atoms with Gasteiger partial charge in [0.2, 0.25) is 10.0 Å². The molecule has 0 fully saturated rings. The van der Waals surface area contributed by atoms with Gasteiger partial charge in [0.1, 0.15) is 0 Å². The number of hydrogen-bond donors (Lipinski definition) is 1. The molecule has 0 aliphatic heterocycles. The molecule has 0 aliphatic rings. The van der Waals surface area contributed by atoms with E-state index in [4.69, 9.17) is 0 Å². The number of hydrogen-bond acceptors (Lipinski definition) is 3. The van der Waals surface area contributed by atoms with Gasteiger partial charge in [-0.25, -0.2) is 8.42 Å². The lowest BCUT2D eigenvalue weighted by Crippen LogP contribution is -2.16. The van der Waals surface area contributed by atoms with Crippen LogP contribution in [0.5, 0.6) is 0 Å². The number of aromatic nitrogens is 1. The van der Waals surface area contributed by atoms with E-state index in [-0.39, 0.29) is 5.75 Å². The number of para-hydroxylation sites is 1. The number of anilines is 1. The van der Waals surface area contributed by atoms with Crippen molar-refractivity contribution in [1.82, 2.24) is 4.98 Å². The van der Waals surface area contributed by atoms with E-state index in [9.17, 15) is 8.42 Å². The number of nitrogens with one attached hydrogen (secondary N) is 1. The molecular weight excluding hydrogens is 428 g/mol. The monoisotopic (exact) mass is 466 g/mol. The van der Waals surface area contributed by atoms with Crippen molar-refractivity contribution in [2.24, 2.45) is 0 Å². The van der Waals surface area contributed by atoms with Crippen LogP contribution in [0.15, 0.2) is 60.8 Å². The predicted molar refractivity (Wildman–Crippen MR) is 140 cm³/mol. The minimum absolute atomic E-state index is 0.0237. The van der Waals surface area contributed by atoms with Crippen LogP contribution in [0.3, 0.4) is 0 Å². The first kappa shape index (κ1) is 25.2. The zero-order valence-electron chi connectivity index (χ0n) is 19.9. The molecule has 4 nitrogen and oxygen atoms in total. The Balaban J connectivity index is 1.49. The third kappa shape index (κ3) is 8.47. The average Bonchev–Trinajstić information content (AvgIpc) is 2.81. The second-order valence-corrected chi connectivity index (χ2v) is 10.7. The van der Waals surface area contributed by atoms with Crippen LogP contribution in [0, 0.1) is 0 Å². The SMILES string of the molecule is CCCCCCCCCCCCc1ccccc1CS(=O)(=O)Nc1cccc2cccnc12. The first-order valence-electron chi connectivity index (χ1n) is 12.5. The fraction of sp³-hybridized carbons (Fsp3) is 0.464. The second kappa shape index (κ2) is 13.3. The summed E-state index contributed by atoms with van der Waals surface area (Å²) in [6.07, 6.45) is 15.6. The topological polar surface area (TPSA) is 59.1 Å². The van der Waals surface area contributed by atoms with Crippen molar-refractivity contribution in [3.8, 4) is 0 Å². The maximum atomic E-state index is 13.0. The minimum atomic E-state index is -3.54. The van der Waals surface area contributed by atoms with Crippen molar-refractivity contribution >= 4 is 26.6 Å². The molecule has 0 atom stereocenters. The number of fused-ring (bicyclic) bond motifs is 1. The van der Waals surface area contributed by atoms with Gasteiger partial charge in [0.15, 0.2) is 0 Å².